The fourth-order valence-corrected chi connectivity index (χ4v) is 4.35. The van der Waals surface area contributed by atoms with E-state index in [0.717, 1.165) is 29.3 Å². The van der Waals surface area contributed by atoms with Gasteiger partial charge in [-0.2, -0.15) is 0 Å². The summed E-state index contributed by atoms with van der Waals surface area (Å²) >= 11 is 0. The highest BCUT2D eigenvalue weighted by atomic mass is 19.1. The van der Waals surface area contributed by atoms with Crippen molar-refractivity contribution in [2.75, 3.05) is 19.5 Å². The SMILES string of the molecule is COC(=O)C1=C(C(=O)OC)C2(C(Cc3ccc(C)cc3)Nc3cc(F)cc(F)c3)C=CC1O2. The molecule has 0 saturated heterocycles. The van der Waals surface area contributed by atoms with E-state index in [1.165, 1.54) is 14.2 Å². The van der Waals surface area contributed by atoms with E-state index in [-0.39, 0.29) is 16.8 Å². The molecule has 2 heterocycles. The van der Waals surface area contributed by atoms with Gasteiger partial charge in [0.05, 0.1) is 31.4 Å². The number of methoxy groups -OCH3 is 2. The first-order chi connectivity index (χ1) is 15.8. The Labute approximate surface area is 189 Å². The zero-order chi connectivity index (χ0) is 23.8. The maximum Gasteiger partial charge on any atom is 0.337 e. The van der Waals surface area contributed by atoms with E-state index in [1.807, 2.05) is 31.2 Å². The van der Waals surface area contributed by atoms with Crippen LogP contribution in [0, 0.1) is 18.6 Å². The number of hydrogen-bond acceptors (Lipinski definition) is 6. The summed E-state index contributed by atoms with van der Waals surface area (Å²) in [6.07, 6.45) is 2.84. The third kappa shape index (κ3) is 4.14. The Morgan fingerprint density at radius 1 is 1.06 bits per heavy atom. The molecule has 3 atom stereocenters. The summed E-state index contributed by atoms with van der Waals surface area (Å²) in [6, 6.07) is 10.0. The van der Waals surface area contributed by atoms with Gasteiger partial charge in [0, 0.05) is 11.8 Å². The third-order valence-electron chi connectivity index (χ3n) is 5.86. The summed E-state index contributed by atoms with van der Waals surface area (Å²) in [6.45, 7) is 1.96. The van der Waals surface area contributed by atoms with Gasteiger partial charge < -0.3 is 19.5 Å². The van der Waals surface area contributed by atoms with Crippen LogP contribution in [0.5, 0.6) is 0 Å². The number of esters is 2. The first kappa shape index (κ1) is 22.7. The normalized spacial score (nSPS) is 21.8. The molecule has 0 fully saturated rings. The minimum atomic E-state index is -1.42. The molecule has 2 aromatic carbocycles. The average Bonchev–Trinajstić information content (AvgIpc) is 3.36. The molecule has 172 valence electrons. The Morgan fingerprint density at radius 2 is 1.70 bits per heavy atom. The monoisotopic (exact) mass is 455 g/mol. The highest BCUT2D eigenvalue weighted by Gasteiger charge is 2.58. The van der Waals surface area contributed by atoms with Crippen molar-refractivity contribution in [3.63, 3.8) is 0 Å². The third-order valence-corrected chi connectivity index (χ3v) is 5.86. The summed E-state index contributed by atoms with van der Waals surface area (Å²) in [7, 11) is 2.42. The van der Waals surface area contributed by atoms with Crippen LogP contribution in [0.25, 0.3) is 0 Å². The smallest absolute Gasteiger partial charge is 0.337 e. The van der Waals surface area contributed by atoms with E-state index in [0.29, 0.717) is 6.42 Å². The molecule has 6 nitrogen and oxygen atoms in total. The molecule has 0 aliphatic carbocycles. The van der Waals surface area contributed by atoms with Crippen LogP contribution < -0.4 is 5.32 Å². The fraction of sp³-hybridized carbons (Fsp3) is 0.280. The zero-order valence-electron chi connectivity index (χ0n) is 18.4. The predicted molar refractivity (Wildman–Crippen MR) is 116 cm³/mol. The number of benzene rings is 2. The van der Waals surface area contributed by atoms with Crippen LogP contribution in [0.2, 0.25) is 0 Å². The zero-order valence-corrected chi connectivity index (χ0v) is 18.4. The summed E-state index contributed by atoms with van der Waals surface area (Å²) in [4.78, 5) is 25.4. The topological polar surface area (TPSA) is 73.9 Å². The van der Waals surface area contributed by atoms with Crippen molar-refractivity contribution >= 4 is 17.6 Å². The van der Waals surface area contributed by atoms with E-state index in [1.54, 1.807) is 12.2 Å². The van der Waals surface area contributed by atoms with Gasteiger partial charge in [0.1, 0.15) is 23.3 Å². The number of halogens is 2. The minimum Gasteiger partial charge on any atom is -0.466 e. The largest absolute Gasteiger partial charge is 0.466 e. The van der Waals surface area contributed by atoms with E-state index in [4.69, 9.17) is 14.2 Å². The fourth-order valence-electron chi connectivity index (χ4n) is 4.35. The highest BCUT2D eigenvalue weighted by Crippen LogP contribution is 2.47. The van der Waals surface area contributed by atoms with Gasteiger partial charge in [-0.1, -0.05) is 35.9 Å². The van der Waals surface area contributed by atoms with Gasteiger partial charge >= 0.3 is 11.9 Å². The van der Waals surface area contributed by atoms with Crippen molar-refractivity contribution in [1.82, 2.24) is 0 Å². The molecule has 2 aliphatic rings. The van der Waals surface area contributed by atoms with Gasteiger partial charge in [-0.05, 0) is 37.1 Å². The second-order valence-corrected chi connectivity index (χ2v) is 8.01. The Kier molecular flexibility index (Phi) is 6.03. The van der Waals surface area contributed by atoms with Crippen LogP contribution in [0.1, 0.15) is 11.1 Å². The average molecular weight is 455 g/mol. The maximum atomic E-state index is 13.9. The molecule has 2 aliphatic heterocycles. The number of aryl methyl sites for hydroxylation is 1. The van der Waals surface area contributed by atoms with Crippen molar-refractivity contribution in [3.05, 3.63) is 88.5 Å². The summed E-state index contributed by atoms with van der Waals surface area (Å²) in [5.41, 5.74) is 0.749. The van der Waals surface area contributed by atoms with Crippen LogP contribution >= 0.6 is 0 Å². The molecule has 0 aromatic heterocycles. The standard InChI is InChI=1S/C25H23F2NO5/c1-14-4-6-15(7-5-14)10-20(28-18-12-16(26)11-17(27)13-18)25-9-8-19(33-25)21(23(29)31-2)22(25)24(30)32-3/h4-9,11-13,19-20,28H,10H2,1-3H3. The number of rotatable bonds is 7. The summed E-state index contributed by atoms with van der Waals surface area (Å²) in [5, 5.41) is 3.12. The van der Waals surface area contributed by atoms with Crippen molar-refractivity contribution in [3.8, 4) is 0 Å². The van der Waals surface area contributed by atoms with E-state index in [2.05, 4.69) is 5.32 Å². The quantitative estimate of drug-likeness (QED) is 0.508. The summed E-state index contributed by atoms with van der Waals surface area (Å²) < 4.78 is 43.9. The summed E-state index contributed by atoms with van der Waals surface area (Å²) in [5.74, 6) is -2.97. The van der Waals surface area contributed by atoms with E-state index in [9.17, 15) is 18.4 Å². The lowest BCUT2D eigenvalue weighted by molar-refractivity contribution is -0.139. The molecule has 2 bridgehead atoms. The number of fused-ring (bicyclic) bond motifs is 2. The van der Waals surface area contributed by atoms with Gasteiger partial charge in [-0.25, -0.2) is 18.4 Å². The van der Waals surface area contributed by atoms with Gasteiger partial charge in [0.2, 0.25) is 0 Å². The molecule has 8 heteroatoms. The molecule has 3 unspecified atom stereocenters. The molecular formula is C25H23F2NO5. The number of hydrogen-bond donors (Lipinski definition) is 1. The van der Waals surface area contributed by atoms with Crippen molar-refractivity contribution in [1.29, 1.82) is 0 Å². The molecule has 1 N–H and O–H groups in total. The Bertz CT molecular complexity index is 1140. The second kappa shape index (κ2) is 8.78. The van der Waals surface area contributed by atoms with E-state index >= 15 is 0 Å². The van der Waals surface area contributed by atoms with Crippen molar-refractivity contribution < 1.29 is 32.6 Å². The minimum absolute atomic E-state index is 0.00540. The van der Waals surface area contributed by atoms with Crippen LogP contribution in [-0.4, -0.2) is 43.9 Å². The van der Waals surface area contributed by atoms with Gasteiger partial charge in [0.15, 0.2) is 0 Å². The Hall–Kier alpha value is -3.52. The van der Waals surface area contributed by atoms with Crippen LogP contribution in [0.15, 0.2) is 65.8 Å². The molecular weight excluding hydrogens is 432 g/mol. The van der Waals surface area contributed by atoms with Crippen molar-refractivity contribution in [2.24, 2.45) is 0 Å². The van der Waals surface area contributed by atoms with Gasteiger partial charge in [-0.15, -0.1) is 0 Å². The lowest BCUT2D eigenvalue weighted by Gasteiger charge is -2.36. The number of carbonyl (C=O) groups is 2. The molecule has 33 heavy (non-hydrogen) atoms. The lowest BCUT2D eigenvalue weighted by atomic mass is 9.79. The molecule has 2 aromatic rings. The van der Waals surface area contributed by atoms with Crippen LogP contribution in [0.4, 0.5) is 14.5 Å². The molecule has 0 radical (unpaired) electrons. The first-order valence-corrected chi connectivity index (χ1v) is 10.3. The molecule has 0 amide bonds. The number of carbonyl (C=O) groups excluding carboxylic acids is 2. The molecule has 4 rings (SSSR count). The number of anilines is 1. The predicted octanol–water partition coefficient (Wildman–Crippen LogP) is 3.65. The van der Waals surface area contributed by atoms with Gasteiger partial charge in [0.25, 0.3) is 0 Å². The lowest BCUT2D eigenvalue weighted by Crippen LogP contribution is -2.49. The molecule has 0 spiro atoms. The van der Waals surface area contributed by atoms with Gasteiger partial charge in [-0.3, -0.25) is 0 Å². The van der Waals surface area contributed by atoms with Crippen LogP contribution in [0.3, 0.4) is 0 Å². The number of nitrogens with one attached hydrogen (secondary N) is 1. The Balaban J connectivity index is 1.83. The first-order valence-electron chi connectivity index (χ1n) is 10.3. The molecule has 0 saturated carbocycles. The Morgan fingerprint density at radius 3 is 2.30 bits per heavy atom. The number of ether oxygens (including phenoxy) is 3. The second-order valence-electron chi connectivity index (χ2n) is 8.01. The highest BCUT2D eigenvalue weighted by molar-refractivity contribution is 6.05. The van der Waals surface area contributed by atoms with Crippen molar-refractivity contribution in [2.45, 2.75) is 31.1 Å². The van der Waals surface area contributed by atoms with Crippen LogP contribution in [-0.2, 0) is 30.2 Å². The maximum absolute atomic E-state index is 13.9. The van der Waals surface area contributed by atoms with E-state index < -0.39 is 41.3 Å².